The molecule has 1 rings (SSSR count). The second kappa shape index (κ2) is 15.7. The van der Waals surface area contributed by atoms with Gasteiger partial charge in [-0.2, -0.15) is 0 Å². The summed E-state index contributed by atoms with van der Waals surface area (Å²) in [5.74, 6) is -0.317. The summed E-state index contributed by atoms with van der Waals surface area (Å²) >= 11 is 0. The van der Waals surface area contributed by atoms with Crippen LogP contribution in [0.15, 0.2) is 24.3 Å². The first-order chi connectivity index (χ1) is 12.7. The van der Waals surface area contributed by atoms with Crippen molar-refractivity contribution in [2.75, 3.05) is 6.61 Å². The van der Waals surface area contributed by atoms with E-state index in [9.17, 15) is 4.79 Å². The van der Waals surface area contributed by atoms with E-state index in [-0.39, 0.29) is 6.61 Å². The normalized spacial score (nSPS) is 10.8. The number of carboxylic acid groups (broad SMARTS) is 1. The van der Waals surface area contributed by atoms with Gasteiger partial charge in [0.25, 0.3) is 0 Å². The zero-order valence-corrected chi connectivity index (χ0v) is 16.7. The molecule has 0 saturated heterocycles. The summed E-state index contributed by atoms with van der Waals surface area (Å²) < 4.78 is 5.15. The van der Waals surface area contributed by atoms with Crippen molar-refractivity contribution < 1.29 is 14.6 Å². The molecule has 26 heavy (non-hydrogen) atoms. The fraction of sp³-hybridized carbons (Fsp3) is 0.696. The van der Waals surface area contributed by atoms with E-state index in [0.717, 1.165) is 6.42 Å². The number of hydrogen-bond acceptors (Lipinski definition) is 2. The highest BCUT2D eigenvalue weighted by Gasteiger charge is 2.00. The number of rotatable bonds is 17. The van der Waals surface area contributed by atoms with Gasteiger partial charge in [0.05, 0.1) is 0 Å². The average molecular weight is 363 g/mol. The zero-order valence-electron chi connectivity index (χ0n) is 16.7. The lowest BCUT2D eigenvalue weighted by Gasteiger charge is -2.06. The number of carbonyl (C=O) groups is 1. The molecule has 3 heteroatoms. The van der Waals surface area contributed by atoms with Crippen LogP contribution in [0, 0.1) is 0 Å². The first-order valence-corrected chi connectivity index (χ1v) is 10.7. The highest BCUT2D eigenvalue weighted by atomic mass is 16.5. The van der Waals surface area contributed by atoms with Gasteiger partial charge in [0.1, 0.15) is 5.75 Å². The topological polar surface area (TPSA) is 46.5 Å². The standard InChI is InChI=1S/C23H38O3/c1-2-3-4-5-6-7-8-9-10-11-12-13-14-15-21-16-18-22(19-17-21)26-20-23(24)25/h16-19H,2-15,20H2,1H3,(H,24,25). The van der Waals surface area contributed by atoms with Gasteiger partial charge in [-0.05, 0) is 30.5 Å². The van der Waals surface area contributed by atoms with Crippen LogP contribution in [0.4, 0.5) is 0 Å². The molecule has 0 aliphatic rings. The van der Waals surface area contributed by atoms with Gasteiger partial charge in [0.15, 0.2) is 6.61 Å². The van der Waals surface area contributed by atoms with E-state index in [1.807, 2.05) is 24.3 Å². The molecule has 1 N–H and O–H groups in total. The number of aliphatic carboxylic acids is 1. The van der Waals surface area contributed by atoms with E-state index < -0.39 is 5.97 Å². The lowest BCUT2D eigenvalue weighted by molar-refractivity contribution is -0.139. The summed E-state index contributed by atoms with van der Waals surface area (Å²) in [6, 6.07) is 7.80. The first-order valence-electron chi connectivity index (χ1n) is 10.7. The molecule has 0 amide bonds. The summed E-state index contributed by atoms with van der Waals surface area (Å²) in [6.45, 7) is 1.99. The molecule has 148 valence electrons. The third-order valence-electron chi connectivity index (χ3n) is 4.85. The van der Waals surface area contributed by atoms with Gasteiger partial charge in [0.2, 0.25) is 0 Å². The predicted octanol–water partition coefficient (Wildman–Crippen LogP) is 6.78. The van der Waals surface area contributed by atoms with Crippen molar-refractivity contribution in [3.8, 4) is 5.75 Å². The van der Waals surface area contributed by atoms with Gasteiger partial charge in [0, 0.05) is 0 Å². The van der Waals surface area contributed by atoms with Crippen LogP contribution in [0.2, 0.25) is 0 Å². The van der Waals surface area contributed by atoms with Crippen molar-refractivity contribution in [2.24, 2.45) is 0 Å². The minimum absolute atomic E-state index is 0.280. The van der Waals surface area contributed by atoms with Gasteiger partial charge in [-0.3, -0.25) is 0 Å². The molecule has 0 aromatic heterocycles. The Morgan fingerprint density at radius 3 is 1.69 bits per heavy atom. The Balaban J connectivity index is 1.90. The Morgan fingerprint density at radius 2 is 1.23 bits per heavy atom. The summed E-state index contributed by atoms with van der Waals surface area (Å²) in [5.41, 5.74) is 1.30. The van der Waals surface area contributed by atoms with Crippen molar-refractivity contribution in [1.82, 2.24) is 0 Å². The van der Waals surface area contributed by atoms with Crippen LogP contribution >= 0.6 is 0 Å². The fourth-order valence-corrected chi connectivity index (χ4v) is 3.24. The van der Waals surface area contributed by atoms with E-state index in [1.165, 1.54) is 89.0 Å². The molecule has 0 heterocycles. The van der Waals surface area contributed by atoms with Gasteiger partial charge in [-0.1, -0.05) is 96.1 Å². The maximum atomic E-state index is 10.5. The quantitative estimate of drug-likeness (QED) is 0.311. The summed E-state index contributed by atoms with van der Waals surface area (Å²) in [7, 11) is 0. The second-order valence-electron chi connectivity index (χ2n) is 7.32. The van der Waals surface area contributed by atoms with Gasteiger partial charge < -0.3 is 9.84 Å². The van der Waals surface area contributed by atoms with Crippen LogP contribution < -0.4 is 4.74 Å². The van der Waals surface area contributed by atoms with Crippen LogP contribution in [-0.2, 0) is 11.2 Å². The molecule has 0 unspecified atom stereocenters. The van der Waals surface area contributed by atoms with Crippen molar-refractivity contribution in [1.29, 1.82) is 0 Å². The number of benzene rings is 1. The van der Waals surface area contributed by atoms with Crippen molar-refractivity contribution in [2.45, 2.75) is 96.8 Å². The number of carboxylic acids is 1. The third-order valence-corrected chi connectivity index (χ3v) is 4.85. The second-order valence-corrected chi connectivity index (χ2v) is 7.32. The molecule has 0 atom stereocenters. The van der Waals surface area contributed by atoms with Gasteiger partial charge >= 0.3 is 5.97 Å². The minimum Gasteiger partial charge on any atom is -0.482 e. The molecule has 0 saturated carbocycles. The third kappa shape index (κ3) is 12.8. The van der Waals surface area contributed by atoms with Crippen molar-refractivity contribution in [3.63, 3.8) is 0 Å². The summed E-state index contributed by atoms with van der Waals surface area (Å²) in [5, 5.41) is 8.59. The molecule has 3 nitrogen and oxygen atoms in total. The maximum absolute atomic E-state index is 10.5. The van der Waals surface area contributed by atoms with E-state index in [2.05, 4.69) is 6.92 Å². The van der Waals surface area contributed by atoms with Crippen LogP contribution in [0.25, 0.3) is 0 Å². The molecule has 0 spiro atoms. The molecular formula is C23H38O3. The maximum Gasteiger partial charge on any atom is 0.341 e. The van der Waals surface area contributed by atoms with Crippen molar-refractivity contribution >= 4 is 5.97 Å². The fourth-order valence-electron chi connectivity index (χ4n) is 3.24. The van der Waals surface area contributed by atoms with Crippen molar-refractivity contribution in [3.05, 3.63) is 29.8 Å². The number of unbranched alkanes of at least 4 members (excludes halogenated alkanes) is 12. The molecular weight excluding hydrogens is 324 g/mol. The Labute approximate surface area is 160 Å². The highest BCUT2D eigenvalue weighted by Crippen LogP contribution is 2.16. The largest absolute Gasteiger partial charge is 0.482 e. The monoisotopic (exact) mass is 362 g/mol. The Kier molecular flexibility index (Phi) is 13.6. The lowest BCUT2D eigenvalue weighted by Crippen LogP contribution is -2.09. The van der Waals surface area contributed by atoms with Gasteiger partial charge in [-0.15, -0.1) is 0 Å². The zero-order chi connectivity index (χ0) is 18.9. The number of aryl methyl sites for hydroxylation is 1. The predicted molar refractivity (Wildman–Crippen MR) is 109 cm³/mol. The summed E-state index contributed by atoms with van der Waals surface area (Å²) in [6.07, 6.45) is 19.0. The molecule has 0 aliphatic carbocycles. The highest BCUT2D eigenvalue weighted by molar-refractivity contribution is 5.68. The summed E-state index contributed by atoms with van der Waals surface area (Å²) in [4.78, 5) is 10.5. The van der Waals surface area contributed by atoms with E-state index in [0.29, 0.717) is 5.75 Å². The Morgan fingerprint density at radius 1 is 0.769 bits per heavy atom. The van der Waals surface area contributed by atoms with Crippen LogP contribution in [0.5, 0.6) is 5.75 Å². The van der Waals surface area contributed by atoms with E-state index in [1.54, 1.807) is 0 Å². The first kappa shape index (κ1) is 22.5. The number of hydrogen-bond donors (Lipinski definition) is 1. The molecule has 0 fully saturated rings. The van der Waals surface area contributed by atoms with Crippen LogP contribution in [0.3, 0.4) is 0 Å². The van der Waals surface area contributed by atoms with E-state index in [4.69, 9.17) is 9.84 Å². The molecule has 0 bridgehead atoms. The molecule has 0 aliphatic heterocycles. The Hall–Kier alpha value is -1.51. The molecule has 1 aromatic rings. The number of ether oxygens (including phenoxy) is 1. The smallest absolute Gasteiger partial charge is 0.341 e. The van der Waals surface area contributed by atoms with Gasteiger partial charge in [-0.25, -0.2) is 4.79 Å². The SMILES string of the molecule is CCCCCCCCCCCCCCCc1ccc(OCC(=O)O)cc1. The van der Waals surface area contributed by atoms with Crippen LogP contribution in [0.1, 0.15) is 96.0 Å². The lowest BCUT2D eigenvalue weighted by atomic mass is 10.0. The molecule has 0 radical (unpaired) electrons. The van der Waals surface area contributed by atoms with Crippen LogP contribution in [-0.4, -0.2) is 17.7 Å². The molecule has 1 aromatic carbocycles. The minimum atomic E-state index is -0.943. The van der Waals surface area contributed by atoms with E-state index >= 15 is 0 Å². The average Bonchev–Trinajstić information content (AvgIpc) is 2.64. The Bertz CT molecular complexity index is 453.